The molecule has 9 heterocycles. The lowest BCUT2D eigenvalue weighted by Crippen LogP contribution is -1.99. The molecule has 0 unspecified atom stereocenters. The number of aromatic nitrogens is 7. The number of pyridine rings is 5. The molecular weight excluding hydrogens is 967 g/mol. The number of nitrogens with zero attached hydrogens (tertiary/aromatic N) is 7. The van der Waals surface area contributed by atoms with Gasteiger partial charge in [0.05, 0.1) is 55.9 Å². The Hall–Kier alpha value is -9.67. The number of hydrogen-bond donors (Lipinski definition) is 0. The van der Waals surface area contributed by atoms with Crippen LogP contribution in [-0.4, -0.2) is 34.1 Å². The second-order valence-corrected chi connectivity index (χ2v) is 20.9. The molecule has 0 fully saturated rings. The van der Waals surface area contributed by atoms with Crippen LogP contribution in [-0.2, 0) is 0 Å². The van der Waals surface area contributed by atoms with E-state index in [1.165, 1.54) is 40.3 Å². The zero-order valence-corrected chi connectivity index (χ0v) is 42.3. The van der Waals surface area contributed by atoms with E-state index < -0.39 is 0 Å². The lowest BCUT2D eigenvalue weighted by Gasteiger charge is -2.10. The van der Waals surface area contributed by atoms with Crippen molar-refractivity contribution in [1.82, 2.24) is 34.1 Å². The van der Waals surface area contributed by atoms with Crippen LogP contribution in [0.25, 0.3) is 141 Å². The first-order valence-electron chi connectivity index (χ1n) is 25.2. The Morgan fingerprint density at radius 2 is 0.671 bits per heavy atom. The summed E-state index contributed by atoms with van der Waals surface area (Å²) in [5.41, 5.74) is 14.5. The minimum Gasteiger partial charge on any atom is -0.291 e. The average molecular weight is 1010 g/mol. The molecule has 9 heteroatoms. The second kappa shape index (κ2) is 18.1. The van der Waals surface area contributed by atoms with Gasteiger partial charge in [-0.25, -0.2) is 19.9 Å². The van der Waals surface area contributed by atoms with Gasteiger partial charge in [0, 0.05) is 85.8 Å². The molecule has 7 nitrogen and oxygen atoms in total. The monoisotopic (exact) mass is 1010 g/mol. The van der Waals surface area contributed by atoms with Crippen LogP contribution in [0.1, 0.15) is 0 Å². The van der Waals surface area contributed by atoms with E-state index >= 15 is 0 Å². The van der Waals surface area contributed by atoms with Crippen molar-refractivity contribution in [3.63, 3.8) is 0 Å². The minimum absolute atomic E-state index is 0.872. The average Bonchev–Trinajstić information content (AvgIpc) is 4.39. The molecule has 0 aliphatic carbocycles. The Balaban J connectivity index is 0.000000133. The highest BCUT2D eigenvalue weighted by atomic mass is 32.1. The molecule has 0 aliphatic rings. The van der Waals surface area contributed by atoms with Crippen molar-refractivity contribution in [3.05, 3.63) is 249 Å². The Bertz CT molecular complexity index is 4560. The highest BCUT2D eigenvalue weighted by Crippen LogP contribution is 2.45. The Labute approximate surface area is 444 Å². The largest absolute Gasteiger partial charge is 0.291 e. The van der Waals surface area contributed by atoms with Gasteiger partial charge in [0.2, 0.25) is 0 Å². The van der Waals surface area contributed by atoms with E-state index in [-0.39, 0.29) is 0 Å². The van der Waals surface area contributed by atoms with Crippen LogP contribution in [0.2, 0.25) is 0 Å². The molecule has 0 amide bonds. The molecule has 16 aromatic rings. The van der Waals surface area contributed by atoms with Crippen LogP contribution in [0.5, 0.6) is 0 Å². The minimum atomic E-state index is 0.872. The quantitative estimate of drug-likeness (QED) is 0.166. The third-order valence-electron chi connectivity index (χ3n) is 14.3. The lowest BCUT2D eigenvalue weighted by atomic mass is 10.1. The second-order valence-electron chi connectivity index (χ2n) is 18.8. The molecule has 0 atom stereocenters. The van der Waals surface area contributed by atoms with Crippen LogP contribution < -0.4 is 0 Å². The van der Waals surface area contributed by atoms with Crippen LogP contribution in [0.4, 0.5) is 0 Å². The Kier molecular flexibility index (Phi) is 10.4. The first-order chi connectivity index (χ1) is 37.7. The first kappa shape index (κ1) is 43.9. The molecule has 0 bridgehead atoms. The molecule has 0 saturated carbocycles. The van der Waals surface area contributed by atoms with E-state index in [1.54, 1.807) is 12.4 Å². The topological polar surface area (TPSA) is 74.3 Å². The SMILES string of the molecule is c1ccc(-c2ccc3c(n2)c2ccc4sc5ccccc5c4c2n3-c2cccc(-c3ccncc3)n2)cc1.c1ccc(-c2cccc(-n3c4ccc(-c5ccccc5)nc4c4ccc5sc6ccccc6c5c43)n2)cc1. The highest BCUT2D eigenvalue weighted by Gasteiger charge is 2.23. The summed E-state index contributed by atoms with van der Waals surface area (Å²) >= 11 is 3.67. The summed E-state index contributed by atoms with van der Waals surface area (Å²) in [6.45, 7) is 0. The summed E-state index contributed by atoms with van der Waals surface area (Å²) in [6, 6.07) is 82.5. The fourth-order valence-corrected chi connectivity index (χ4v) is 13.1. The van der Waals surface area contributed by atoms with Crippen LogP contribution in [0.15, 0.2) is 249 Å². The number of fused-ring (bicyclic) bond motifs is 14. The molecule has 0 spiro atoms. The predicted octanol–water partition coefficient (Wildman–Crippen LogP) is 17.9. The van der Waals surface area contributed by atoms with Gasteiger partial charge < -0.3 is 0 Å². The van der Waals surface area contributed by atoms with Crippen molar-refractivity contribution < 1.29 is 0 Å². The number of rotatable bonds is 6. The molecule has 0 N–H and O–H groups in total. The maximum Gasteiger partial charge on any atom is 0.138 e. The van der Waals surface area contributed by atoms with Gasteiger partial charge in [0.1, 0.15) is 11.6 Å². The molecule has 16 rings (SSSR count). The van der Waals surface area contributed by atoms with Gasteiger partial charge in [-0.15, -0.1) is 22.7 Å². The van der Waals surface area contributed by atoms with E-state index in [4.69, 9.17) is 19.9 Å². The summed E-state index contributed by atoms with van der Waals surface area (Å²) < 4.78 is 9.69. The third kappa shape index (κ3) is 7.27. The zero-order chi connectivity index (χ0) is 50.1. The standard InChI is InChI=1S/C34H21N3S.C33H20N4S/c1-3-10-22(11-4-1)26-15-9-17-31(35-26)37-28-20-19-27(23-12-5-2-6-13-23)36-33(28)25-18-21-30-32(34(25)37)24-14-7-8-16-29(24)38-30;1-2-7-21(8-3-1)26-14-15-27-32(36-26)24-13-16-29-31(23-9-4-5-11-28(23)38-29)33(24)37(27)30-12-6-10-25(35-30)22-17-19-34-20-18-22/h1-21H;1-20H. The summed E-state index contributed by atoms with van der Waals surface area (Å²) in [6.07, 6.45) is 3.61. The van der Waals surface area contributed by atoms with Gasteiger partial charge in [0.15, 0.2) is 0 Å². The summed E-state index contributed by atoms with van der Waals surface area (Å²) in [7, 11) is 0. The maximum absolute atomic E-state index is 5.23. The molecule has 76 heavy (non-hydrogen) atoms. The van der Waals surface area contributed by atoms with Gasteiger partial charge >= 0.3 is 0 Å². The molecule has 0 radical (unpaired) electrons. The molecular formula is C67H41N7S2. The van der Waals surface area contributed by atoms with Crippen molar-refractivity contribution in [2.45, 2.75) is 0 Å². The number of benzene rings is 7. The fraction of sp³-hybridized carbons (Fsp3) is 0. The maximum atomic E-state index is 5.23. The normalized spacial score (nSPS) is 11.7. The zero-order valence-electron chi connectivity index (χ0n) is 40.6. The van der Waals surface area contributed by atoms with Crippen LogP contribution in [0, 0.1) is 0 Å². The van der Waals surface area contributed by atoms with Gasteiger partial charge in [-0.1, -0.05) is 140 Å². The van der Waals surface area contributed by atoms with Gasteiger partial charge in [0.25, 0.3) is 0 Å². The molecule has 7 aromatic carbocycles. The van der Waals surface area contributed by atoms with Crippen molar-refractivity contribution in [3.8, 4) is 56.7 Å². The van der Waals surface area contributed by atoms with E-state index in [9.17, 15) is 0 Å². The first-order valence-corrected chi connectivity index (χ1v) is 26.9. The van der Waals surface area contributed by atoms with E-state index in [1.807, 2.05) is 59.1 Å². The van der Waals surface area contributed by atoms with Crippen molar-refractivity contribution in [2.24, 2.45) is 0 Å². The molecule has 0 aliphatic heterocycles. The van der Waals surface area contributed by atoms with E-state index in [2.05, 4.69) is 214 Å². The summed E-state index contributed by atoms with van der Waals surface area (Å²) in [5.74, 6) is 1.76. The van der Waals surface area contributed by atoms with Crippen molar-refractivity contribution >= 4 is 107 Å². The summed E-state index contributed by atoms with van der Waals surface area (Å²) in [5, 5.41) is 7.30. The fourth-order valence-electron chi connectivity index (χ4n) is 10.9. The molecule has 0 saturated heterocycles. The van der Waals surface area contributed by atoms with Crippen molar-refractivity contribution in [2.75, 3.05) is 0 Å². The van der Waals surface area contributed by atoms with Crippen LogP contribution >= 0.6 is 22.7 Å². The van der Waals surface area contributed by atoms with E-state index in [0.29, 0.717) is 0 Å². The van der Waals surface area contributed by atoms with E-state index in [0.717, 1.165) is 101 Å². The highest BCUT2D eigenvalue weighted by molar-refractivity contribution is 7.26. The summed E-state index contributed by atoms with van der Waals surface area (Å²) in [4.78, 5) is 24.9. The smallest absolute Gasteiger partial charge is 0.138 e. The molecule has 356 valence electrons. The Morgan fingerprint density at radius 1 is 0.276 bits per heavy atom. The third-order valence-corrected chi connectivity index (χ3v) is 16.6. The van der Waals surface area contributed by atoms with Crippen molar-refractivity contribution in [1.29, 1.82) is 0 Å². The van der Waals surface area contributed by atoms with Gasteiger partial charge in [-0.3, -0.25) is 14.1 Å². The van der Waals surface area contributed by atoms with Gasteiger partial charge in [-0.2, -0.15) is 0 Å². The van der Waals surface area contributed by atoms with Gasteiger partial charge in [-0.05, 0) is 97.1 Å². The number of hydrogen-bond acceptors (Lipinski definition) is 7. The Morgan fingerprint density at radius 3 is 1.12 bits per heavy atom. The predicted molar refractivity (Wildman–Crippen MR) is 318 cm³/mol. The lowest BCUT2D eigenvalue weighted by molar-refractivity contribution is 1.08. The van der Waals surface area contributed by atoms with Crippen LogP contribution in [0.3, 0.4) is 0 Å². The molecule has 9 aromatic heterocycles. The number of thiophene rings is 2.